The van der Waals surface area contributed by atoms with E-state index >= 15 is 0 Å². The van der Waals surface area contributed by atoms with E-state index in [0.717, 1.165) is 45.8 Å². The van der Waals surface area contributed by atoms with Gasteiger partial charge in [0.25, 0.3) is 0 Å². The Kier molecular flexibility index (Phi) is 5.14. The Balaban J connectivity index is 1.26. The summed E-state index contributed by atoms with van der Waals surface area (Å²) in [6.07, 6.45) is -2.08. The van der Waals surface area contributed by atoms with E-state index in [-0.39, 0.29) is 0 Å². The SMILES string of the molecule is FC(F)(F)c1ccc2nc(Nc3cccc(CCNc4ncnc5ccsc45)c3)[nH]c2c1. The lowest BCUT2D eigenvalue weighted by molar-refractivity contribution is -0.137. The summed E-state index contributed by atoms with van der Waals surface area (Å²) in [6.45, 7) is 0.693. The third-order valence-electron chi connectivity index (χ3n) is 4.95. The van der Waals surface area contributed by atoms with Crippen LogP contribution in [0.4, 0.5) is 30.6 Å². The molecule has 32 heavy (non-hydrogen) atoms. The smallest absolute Gasteiger partial charge is 0.368 e. The standard InChI is InChI=1S/C22H17F3N6S/c23-22(24,25)14-4-5-16-18(11-14)31-21(30-16)29-15-3-1-2-13(10-15)6-8-26-20-19-17(7-9-32-19)27-12-28-20/h1-5,7,9-12H,6,8H2,(H,26,27,28)(H2,29,30,31). The summed E-state index contributed by atoms with van der Waals surface area (Å²) < 4.78 is 39.8. The zero-order valence-electron chi connectivity index (χ0n) is 16.6. The number of rotatable bonds is 6. The molecule has 5 aromatic rings. The van der Waals surface area contributed by atoms with Gasteiger partial charge in [-0.15, -0.1) is 11.3 Å². The monoisotopic (exact) mass is 454 g/mol. The van der Waals surface area contributed by atoms with Crippen molar-refractivity contribution in [1.82, 2.24) is 19.9 Å². The molecule has 0 bridgehead atoms. The van der Waals surface area contributed by atoms with Crippen LogP contribution in [-0.2, 0) is 12.6 Å². The molecular formula is C22H17F3N6S. The second-order valence-corrected chi connectivity index (χ2v) is 8.09. The van der Waals surface area contributed by atoms with Crippen molar-refractivity contribution in [3.8, 4) is 0 Å². The lowest BCUT2D eigenvalue weighted by Crippen LogP contribution is -2.06. The molecular weight excluding hydrogens is 437 g/mol. The van der Waals surface area contributed by atoms with Crippen LogP contribution in [-0.4, -0.2) is 26.5 Å². The van der Waals surface area contributed by atoms with Gasteiger partial charge in [-0.3, -0.25) is 0 Å². The molecule has 2 aromatic carbocycles. The summed E-state index contributed by atoms with van der Waals surface area (Å²) in [5.41, 5.74) is 2.89. The van der Waals surface area contributed by atoms with Crippen molar-refractivity contribution < 1.29 is 13.2 Å². The number of anilines is 3. The maximum absolute atomic E-state index is 12.9. The molecule has 0 radical (unpaired) electrons. The predicted octanol–water partition coefficient (Wildman–Crippen LogP) is 5.98. The number of hydrogen-bond donors (Lipinski definition) is 3. The molecule has 162 valence electrons. The van der Waals surface area contributed by atoms with E-state index < -0.39 is 11.7 Å². The van der Waals surface area contributed by atoms with Gasteiger partial charge in [0.2, 0.25) is 5.95 Å². The number of nitrogens with one attached hydrogen (secondary N) is 3. The molecule has 0 amide bonds. The van der Waals surface area contributed by atoms with Gasteiger partial charge in [0.05, 0.1) is 26.8 Å². The number of fused-ring (bicyclic) bond motifs is 2. The number of halogens is 3. The second-order valence-electron chi connectivity index (χ2n) is 7.17. The Morgan fingerprint density at radius 2 is 1.91 bits per heavy atom. The lowest BCUT2D eigenvalue weighted by atomic mass is 10.1. The molecule has 0 saturated carbocycles. The van der Waals surface area contributed by atoms with Gasteiger partial charge in [-0.1, -0.05) is 12.1 Å². The highest BCUT2D eigenvalue weighted by atomic mass is 32.1. The zero-order valence-corrected chi connectivity index (χ0v) is 17.4. The molecule has 10 heteroatoms. The van der Waals surface area contributed by atoms with Crippen molar-refractivity contribution in [2.45, 2.75) is 12.6 Å². The Hall–Kier alpha value is -3.66. The van der Waals surface area contributed by atoms with Crippen molar-refractivity contribution in [2.24, 2.45) is 0 Å². The molecule has 6 nitrogen and oxygen atoms in total. The second kappa shape index (κ2) is 8.12. The Labute approximate surface area is 184 Å². The number of alkyl halides is 3. The fraction of sp³-hybridized carbons (Fsp3) is 0.136. The van der Waals surface area contributed by atoms with Gasteiger partial charge in [0.15, 0.2) is 0 Å². The fourth-order valence-electron chi connectivity index (χ4n) is 3.43. The number of hydrogen-bond acceptors (Lipinski definition) is 6. The maximum atomic E-state index is 12.9. The Morgan fingerprint density at radius 1 is 1.00 bits per heavy atom. The van der Waals surface area contributed by atoms with Gasteiger partial charge in [0.1, 0.15) is 12.1 Å². The summed E-state index contributed by atoms with van der Waals surface area (Å²) in [5, 5.41) is 8.48. The third kappa shape index (κ3) is 4.22. The van der Waals surface area contributed by atoms with Crippen LogP contribution in [0.25, 0.3) is 21.3 Å². The average molecular weight is 454 g/mol. The quantitative estimate of drug-likeness (QED) is 0.294. The first-order valence-corrected chi connectivity index (χ1v) is 10.7. The predicted molar refractivity (Wildman–Crippen MR) is 120 cm³/mol. The molecule has 0 aliphatic rings. The first kappa shape index (κ1) is 20.3. The van der Waals surface area contributed by atoms with Gasteiger partial charge in [-0.05, 0) is 53.8 Å². The van der Waals surface area contributed by atoms with Gasteiger partial charge in [-0.2, -0.15) is 13.2 Å². The number of H-pyrrole nitrogens is 1. The molecule has 0 unspecified atom stereocenters. The Morgan fingerprint density at radius 3 is 2.78 bits per heavy atom. The third-order valence-corrected chi connectivity index (χ3v) is 5.86. The maximum Gasteiger partial charge on any atom is 0.416 e. The van der Waals surface area contributed by atoms with E-state index in [0.29, 0.717) is 23.5 Å². The van der Waals surface area contributed by atoms with E-state index in [2.05, 4.69) is 30.6 Å². The highest BCUT2D eigenvalue weighted by Crippen LogP contribution is 2.31. The molecule has 0 saturated heterocycles. The molecule has 0 fully saturated rings. The minimum absolute atomic E-state index is 0.326. The van der Waals surface area contributed by atoms with Gasteiger partial charge in [0, 0.05) is 12.2 Å². The molecule has 0 aliphatic heterocycles. The fourth-order valence-corrected chi connectivity index (χ4v) is 4.24. The van der Waals surface area contributed by atoms with Crippen LogP contribution < -0.4 is 10.6 Å². The largest absolute Gasteiger partial charge is 0.416 e. The highest BCUT2D eigenvalue weighted by molar-refractivity contribution is 7.17. The first-order chi connectivity index (χ1) is 15.5. The molecule has 0 atom stereocenters. The van der Waals surface area contributed by atoms with Crippen molar-refractivity contribution >= 4 is 50.0 Å². The molecule has 3 aromatic heterocycles. The van der Waals surface area contributed by atoms with Crippen LogP contribution in [0.3, 0.4) is 0 Å². The van der Waals surface area contributed by atoms with Crippen LogP contribution in [0.2, 0.25) is 0 Å². The summed E-state index contributed by atoms with van der Waals surface area (Å²) >= 11 is 1.60. The van der Waals surface area contributed by atoms with Gasteiger partial charge >= 0.3 is 6.18 Å². The van der Waals surface area contributed by atoms with E-state index in [4.69, 9.17) is 0 Å². The zero-order chi connectivity index (χ0) is 22.1. The van der Waals surface area contributed by atoms with Gasteiger partial charge < -0.3 is 15.6 Å². The number of aromatic nitrogens is 4. The van der Waals surface area contributed by atoms with Crippen LogP contribution in [0.5, 0.6) is 0 Å². The average Bonchev–Trinajstić information content (AvgIpc) is 3.39. The number of nitrogens with zero attached hydrogens (tertiary/aromatic N) is 3. The number of aromatic amines is 1. The minimum atomic E-state index is -4.39. The van der Waals surface area contributed by atoms with E-state index in [1.54, 1.807) is 17.7 Å². The van der Waals surface area contributed by atoms with Crippen LogP contribution in [0, 0.1) is 0 Å². The highest BCUT2D eigenvalue weighted by Gasteiger charge is 2.30. The number of imidazole rings is 1. The Bertz CT molecular complexity index is 1390. The van der Waals surface area contributed by atoms with Crippen molar-refractivity contribution in [2.75, 3.05) is 17.2 Å². The van der Waals surface area contributed by atoms with Gasteiger partial charge in [-0.25, -0.2) is 15.0 Å². The summed E-state index contributed by atoms with van der Waals surface area (Å²) in [7, 11) is 0. The number of thiophene rings is 1. The summed E-state index contributed by atoms with van der Waals surface area (Å²) in [5.74, 6) is 1.20. The summed E-state index contributed by atoms with van der Waals surface area (Å²) in [6, 6.07) is 13.2. The van der Waals surface area contributed by atoms with Crippen molar-refractivity contribution in [3.05, 3.63) is 71.4 Å². The van der Waals surface area contributed by atoms with E-state index in [9.17, 15) is 13.2 Å². The molecule has 3 N–H and O–H groups in total. The minimum Gasteiger partial charge on any atom is -0.368 e. The van der Waals surface area contributed by atoms with E-state index in [1.165, 1.54) is 6.07 Å². The molecule has 0 spiro atoms. The van der Waals surface area contributed by atoms with Crippen LogP contribution in [0.1, 0.15) is 11.1 Å². The first-order valence-electron chi connectivity index (χ1n) is 9.81. The van der Waals surface area contributed by atoms with Crippen molar-refractivity contribution in [3.63, 3.8) is 0 Å². The van der Waals surface area contributed by atoms with Crippen molar-refractivity contribution in [1.29, 1.82) is 0 Å². The topological polar surface area (TPSA) is 78.5 Å². The molecule has 5 rings (SSSR count). The lowest BCUT2D eigenvalue weighted by Gasteiger charge is -2.08. The van der Waals surface area contributed by atoms with Crippen LogP contribution in [0.15, 0.2) is 60.2 Å². The molecule has 0 aliphatic carbocycles. The number of benzene rings is 2. The normalized spacial score (nSPS) is 11.8. The molecule has 3 heterocycles. The summed E-state index contributed by atoms with van der Waals surface area (Å²) in [4.78, 5) is 15.8. The van der Waals surface area contributed by atoms with E-state index in [1.807, 2.05) is 35.7 Å². The van der Waals surface area contributed by atoms with Crippen LogP contribution >= 0.6 is 11.3 Å².